The molecular formula is C13H22N2O2S. The van der Waals surface area contributed by atoms with Crippen molar-refractivity contribution in [3.63, 3.8) is 0 Å². The van der Waals surface area contributed by atoms with Crippen molar-refractivity contribution in [2.24, 2.45) is 0 Å². The first-order valence-corrected chi connectivity index (χ1v) is 7.33. The summed E-state index contributed by atoms with van der Waals surface area (Å²) in [5, 5.41) is 10.4. The summed E-state index contributed by atoms with van der Waals surface area (Å²) in [5.74, 6) is 0.355. The highest BCUT2D eigenvalue weighted by Gasteiger charge is 2.25. The van der Waals surface area contributed by atoms with Crippen LogP contribution in [0.3, 0.4) is 0 Å². The standard InChI is InChI=1S/C13H22N2O2S/c1-8(2)12-11(7-16)18-13(14-12)15-5-9(3)17-10(4)6-15/h8-10,16H,5-7H2,1-4H3. The summed E-state index contributed by atoms with van der Waals surface area (Å²) in [6.07, 6.45) is 0.468. The third kappa shape index (κ3) is 2.84. The van der Waals surface area contributed by atoms with Crippen LogP contribution in [-0.4, -0.2) is 35.4 Å². The summed E-state index contributed by atoms with van der Waals surface area (Å²) in [4.78, 5) is 7.97. The first kappa shape index (κ1) is 13.8. The molecule has 2 atom stereocenters. The zero-order chi connectivity index (χ0) is 13.3. The number of aliphatic hydroxyl groups is 1. The van der Waals surface area contributed by atoms with Gasteiger partial charge in [0.2, 0.25) is 0 Å². The molecule has 2 unspecified atom stereocenters. The Morgan fingerprint density at radius 3 is 2.44 bits per heavy atom. The van der Waals surface area contributed by atoms with Gasteiger partial charge in [0.15, 0.2) is 5.13 Å². The van der Waals surface area contributed by atoms with Crippen LogP contribution in [0.4, 0.5) is 5.13 Å². The molecule has 4 nitrogen and oxygen atoms in total. The molecule has 1 aliphatic heterocycles. The van der Waals surface area contributed by atoms with Gasteiger partial charge in [0.1, 0.15) is 0 Å². The Kier molecular flexibility index (Phi) is 4.25. The largest absolute Gasteiger partial charge is 0.391 e. The number of aromatic nitrogens is 1. The Morgan fingerprint density at radius 1 is 1.39 bits per heavy atom. The minimum Gasteiger partial charge on any atom is -0.391 e. The van der Waals surface area contributed by atoms with E-state index in [9.17, 15) is 5.11 Å². The van der Waals surface area contributed by atoms with Crippen LogP contribution in [0.5, 0.6) is 0 Å². The number of hydrogen-bond donors (Lipinski definition) is 1. The van der Waals surface area contributed by atoms with E-state index >= 15 is 0 Å². The van der Waals surface area contributed by atoms with Gasteiger partial charge in [-0.2, -0.15) is 0 Å². The predicted molar refractivity (Wildman–Crippen MR) is 74.3 cm³/mol. The SMILES string of the molecule is CC1CN(c2nc(C(C)C)c(CO)s2)CC(C)O1. The van der Waals surface area contributed by atoms with Gasteiger partial charge >= 0.3 is 0 Å². The predicted octanol–water partition coefficient (Wildman–Crippen LogP) is 2.37. The summed E-state index contributed by atoms with van der Waals surface area (Å²) in [6, 6.07) is 0. The van der Waals surface area contributed by atoms with Crippen molar-refractivity contribution in [2.75, 3.05) is 18.0 Å². The summed E-state index contributed by atoms with van der Waals surface area (Å²) < 4.78 is 5.73. The van der Waals surface area contributed by atoms with Crippen LogP contribution in [0.25, 0.3) is 0 Å². The van der Waals surface area contributed by atoms with Crippen LogP contribution in [0, 0.1) is 0 Å². The van der Waals surface area contributed by atoms with E-state index in [2.05, 4.69) is 32.6 Å². The molecule has 18 heavy (non-hydrogen) atoms. The normalized spacial score (nSPS) is 24.9. The average Bonchev–Trinajstić information content (AvgIpc) is 2.71. The van der Waals surface area contributed by atoms with Crippen LogP contribution >= 0.6 is 11.3 Å². The van der Waals surface area contributed by atoms with Crippen molar-refractivity contribution in [2.45, 2.75) is 52.4 Å². The second kappa shape index (κ2) is 5.55. The van der Waals surface area contributed by atoms with Crippen LogP contribution in [-0.2, 0) is 11.3 Å². The van der Waals surface area contributed by atoms with Crippen LogP contribution in [0.15, 0.2) is 0 Å². The van der Waals surface area contributed by atoms with Gasteiger partial charge in [-0.25, -0.2) is 4.98 Å². The molecule has 1 aromatic heterocycles. The molecule has 0 amide bonds. The molecule has 0 bridgehead atoms. The van der Waals surface area contributed by atoms with E-state index in [1.54, 1.807) is 11.3 Å². The molecule has 2 rings (SSSR count). The van der Waals surface area contributed by atoms with E-state index in [4.69, 9.17) is 9.72 Å². The van der Waals surface area contributed by atoms with Gasteiger partial charge in [0.05, 0.1) is 29.4 Å². The number of hydrogen-bond acceptors (Lipinski definition) is 5. The first-order valence-electron chi connectivity index (χ1n) is 6.52. The van der Waals surface area contributed by atoms with E-state index < -0.39 is 0 Å². The highest BCUT2D eigenvalue weighted by atomic mass is 32.1. The average molecular weight is 270 g/mol. The summed E-state index contributed by atoms with van der Waals surface area (Å²) >= 11 is 1.61. The second-order valence-electron chi connectivity index (χ2n) is 5.28. The third-order valence-electron chi connectivity index (χ3n) is 3.10. The molecule has 0 saturated carbocycles. The number of thiazole rings is 1. The maximum Gasteiger partial charge on any atom is 0.186 e. The molecule has 1 fully saturated rings. The zero-order valence-corrected chi connectivity index (χ0v) is 12.3. The fraction of sp³-hybridized carbons (Fsp3) is 0.769. The highest BCUT2D eigenvalue weighted by molar-refractivity contribution is 7.15. The lowest BCUT2D eigenvalue weighted by molar-refractivity contribution is -0.00523. The molecule has 0 radical (unpaired) electrons. The van der Waals surface area contributed by atoms with Crippen molar-refractivity contribution in [1.29, 1.82) is 0 Å². The van der Waals surface area contributed by atoms with Gasteiger partial charge in [-0.3, -0.25) is 0 Å². The molecule has 1 aliphatic rings. The fourth-order valence-electron chi connectivity index (χ4n) is 2.38. The van der Waals surface area contributed by atoms with Crippen molar-refractivity contribution in [3.05, 3.63) is 10.6 Å². The molecule has 0 aliphatic carbocycles. The number of anilines is 1. The molecular weight excluding hydrogens is 248 g/mol. The highest BCUT2D eigenvalue weighted by Crippen LogP contribution is 2.32. The van der Waals surface area contributed by atoms with E-state index in [1.165, 1.54) is 0 Å². The number of rotatable bonds is 3. The van der Waals surface area contributed by atoms with Crippen molar-refractivity contribution >= 4 is 16.5 Å². The Morgan fingerprint density at radius 2 is 2.00 bits per heavy atom. The topological polar surface area (TPSA) is 45.6 Å². The molecule has 2 heterocycles. The van der Waals surface area contributed by atoms with Gasteiger partial charge in [-0.05, 0) is 19.8 Å². The van der Waals surface area contributed by atoms with Gasteiger partial charge < -0.3 is 14.7 Å². The maximum atomic E-state index is 9.41. The summed E-state index contributed by atoms with van der Waals surface area (Å²) in [6.45, 7) is 10.2. The van der Waals surface area contributed by atoms with Crippen LogP contribution in [0.1, 0.15) is 44.2 Å². The number of nitrogens with zero attached hydrogens (tertiary/aromatic N) is 2. The molecule has 1 N–H and O–H groups in total. The summed E-state index contributed by atoms with van der Waals surface area (Å²) in [7, 11) is 0. The zero-order valence-electron chi connectivity index (χ0n) is 11.5. The third-order valence-corrected chi connectivity index (χ3v) is 4.21. The molecule has 1 saturated heterocycles. The quantitative estimate of drug-likeness (QED) is 0.916. The molecule has 102 valence electrons. The minimum absolute atomic E-state index is 0.0840. The Labute approximate surface area is 113 Å². The summed E-state index contributed by atoms with van der Waals surface area (Å²) in [5.41, 5.74) is 1.03. The Balaban J connectivity index is 2.22. The van der Waals surface area contributed by atoms with Gasteiger partial charge in [-0.1, -0.05) is 25.2 Å². The number of morpholine rings is 1. The number of ether oxygens (including phenoxy) is 1. The second-order valence-corrected chi connectivity index (χ2v) is 6.34. The van der Waals surface area contributed by atoms with E-state index in [1.807, 2.05) is 0 Å². The van der Waals surface area contributed by atoms with Gasteiger partial charge in [0, 0.05) is 13.1 Å². The Hall–Kier alpha value is -0.650. The van der Waals surface area contributed by atoms with Crippen molar-refractivity contribution < 1.29 is 9.84 Å². The lowest BCUT2D eigenvalue weighted by Gasteiger charge is -2.35. The first-order chi connectivity index (χ1) is 8.51. The monoisotopic (exact) mass is 270 g/mol. The van der Waals surface area contributed by atoms with Gasteiger partial charge in [-0.15, -0.1) is 0 Å². The minimum atomic E-state index is 0.0840. The maximum absolute atomic E-state index is 9.41. The van der Waals surface area contributed by atoms with Gasteiger partial charge in [0.25, 0.3) is 0 Å². The van der Waals surface area contributed by atoms with Crippen LogP contribution < -0.4 is 4.90 Å². The molecule has 5 heteroatoms. The van der Waals surface area contributed by atoms with E-state index in [0.29, 0.717) is 5.92 Å². The number of aliphatic hydroxyl groups excluding tert-OH is 1. The van der Waals surface area contributed by atoms with E-state index in [-0.39, 0.29) is 18.8 Å². The molecule has 1 aromatic rings. The van der Waals surface area contributed by atoms with Crippen LogP contribution in [0.2, 0.25) is 0 Å². The molecule has 0 aromatic carbocycles. The van der Waals surface area contributed by atoms with E-state index in [0.717, 1.165) is 28.8 Å². The molecule has 0 spiro atoms. The van der Waals surface area contributed by atoms with Crippen molar-refractivity contribution in [3.8, 4) is 0 Å². The smallest absolute Gasteiger partial charge is 0.186 e. The van der Waals surface area contributed by atoms with Crippen molar-refractivity contribution in [1.82, 2.24) is 4.98 Å². The Bertz CT molecular complexity index is 396. The fourth-order valence-corrected chi connectivity index (χ4v) is 3.48. The lowest BCUT2D eigenvalue weighted by Crippen LogP contribution is -2.45. The lowest BCUT2D eigenvalue weighted by atomic mass is 10.1.